The summed E-state index contributed by atoms with van der Waals surface area (Å²) in [6, 6.07) is 0. The van der Waals surface area contributed by atoms with Crippen LogP contribution in [0.1, 0.15) is 19.8 Å². The van der Waals surface area contributed by atoms with Gasteiger partial charge in [0.15, 0.2) is 5.03 Å². The molecule has 6 nitrogen and oxygen atoms in total. The minimum Gasteiger partial charge on any atom is -0.339 e. The molecule has 7 heteroatoms. The molecule has 1 atom stereocenters. The van der Waals surface area contributed by atoms with Crippen LogP contribution in [-0.2, 0) is 21.9 Å². The van der Waals surface area contributed by atoms with E-state index in [4.69, 9.17) is 0 Å². The summed E-state index contributed by atoms with van der Waals surface area (Å²) >= 11 is 0. The second-order valence-corrected chi connectivity index (χ2v) is 6.45. The highest BCUT2D eigenvalue weighted by Gasteiger charge is 2.34. The third-order valence-electron chi connectivity index (χ3n) is 3.27. The highest BCUT2D eigenvalue weighted by atomic mass is 32.2. The molecular weight excluding hydrogens is 254 g/mol. The van der Waals surface area contributed by atoms with Crippen LogP contribution in [0, 0.1) is 5.92 Å². The van der Waals surface area contributed by atoms with Crippen LogP contribution in [0.25, 0.3) is 0 Å². The first kappa shape index (κ1) is 13.2. The van der Waals surface area contributed by atoms with Crippen molar-refractivity contribution in [2.75, 3.05) is 13.1 Å². The van der Waals surface area contributed by atoms with Crippen molar-refractivity contribution in [3.63, 3.8) is 0 Å². The maximum Gasteiger partial charge on any atom is 0.262 e. The summed E-state index contributed by atoms with van der Waals surface area (Å²) in [5, 5.41) is 0.0502. The van der Waals surface area contributed by atoms with Gasteiger partial charge in [0, 0.05) is 38.7 Å². The van der Waals surface area contributed by atoms with Crippen LogP contribution >= 0.6 is 0 Å². The predicted octanol–water partition coefficient (Wildman–Crippen LogP) is 0.410. The number of hydrogen-bond acceptors (Lipinski definition) is 4. The predicted molar refractivity (Wildman–Crippen MR) is 65.4 cm³/mol. The lowest BCUT2D eigenvalue weighted by Gasteiger charge is -2.29. The molecule has 0 saturated carbocycles. The molecule has 0 aliphatic carbocycles. The maximum absolute atomic E-state index is 12.3. The van der Waals surface area contributed by atoms with E-state index in [-0.39, 0.29) is 29.8 Å². The molecule has 1 fully saturated rings. The zero-order valence-corrected chi connectivity index (χ0v) is 11.4. The van der Waals surface area contributed by atoms with Gasteiger partial charge in [-0.3, -0.25) is 4.79 Å². The highest BCUT2D eigenvalue weighted by Crippen LogP contribution is 2.22. The molecule has 0 radical (unpaired) electrons. The number of hydrogen-bond donors (Lipinski definition) is 0. The Balaban J connectivity index is 2.23. The Morgan fingerprint density at radius 3 is 2.78 bits per heavy atom. The lowest BCUT2D eigenvalue weighted by atomic mass is 9.96. The summed E-state index contributed by atoms with van der Waals surface area (Å²) in [5.41, 5.74) is 0. The number of piperidine rings is 1. The first-order chi connectivity index (χ1) is 8.45. The average Bonchev–Trinajstić information content (AvgIpc) is 2.77. The van der Waals surface area contributed by atoms with Gasteiger partial charge in [-0.2, -0.15) is 4.31 Å². The number of imidazole rings is 1. The Bertz CT molecular complexity index is 550. The standard InChI is InChI=1S/C11H17N3O3S/c1-3-9-6-14(5-4-10(9)15)18(16,17)11-7-13(2)8-12-11/h7-9H,3-6H2,1-2H3. The van der Waals surface area contributed by atoms with Gasteiger partial charge in [0.1, 0.15) is 5.78 Å². The quantitative estimate of drug-likeness (QED) is 0.798. The van der Waals surface area contributed by atoms with E-state index in [2.05, 4.69) is 4.98 Å². The molecular formula is C11H17N3O3S. The highest BCUT2D eigenvalue weighted by molar-refractivity contribution is 7.89. The van der Waals surface area contributed by atoms with E-state index in [1.54, 1.807) is 11.6 Å². The van der Waals surface area contributed by atoms with Gasteiger partial charge in [0.2, 0.25) is 0 Å². The van der Waals surface area contributed by atoms with Crippen molar-refractivity contribution in [3.8, 4) is 0 Å². The summed E-state index contributed by atoms with van der Waals surface area (Å²) < 4.78 is 27.6. The fraction of sp³-hybridized carbons (Fsp3) is 0.636. The molecule has 0 amide bonds. The average molecular weight is 271 g/mol. The first-order valence-corrected chi connectivity index (χ1v) is 7.40. The van der Waals surface area contributed by atoms with Crippen molar-refractivity contribution in [2.45, 2.75) is 24.8 Å². The van der Waals surface area contributed by atoms with Crippen LogP contribution < -0.4 is 0 Å². The van der Waals surface area contributed by atoms with Gasteiger partial charge in [-0.05, 0) is 6.42 Å². The number of nitrogens with zero attached hydrogens (tertiary/aromatic N) is 3. The number of rotatable bonds is 3. The maximum atomic E-state index is 12.3. The van der Waals surface area contributed by atoms with Gasteiger partial charge < -0.3 is 4.57 Å². The lowest BCUT2D eigenvalue weighted by molar-refractivity contribution is -0.125. The monoisotopic (exact) mass is 271 g/mol. The number of sulfonamides is 1. The number of carbonyl (C=O) groups is 1. The molecule has 0 N–H and O–H groups in total. The number of aryl methyl sites for hydroxylation is 1. The zero-order chi connectivity index (χ0) is 13.3. The fourth-order valence-electron chi connectivity index (χ4n) is 2.11. The number of aromatic nitrogens is 2. The van der Waals surface area contributed by atoms with Crippen molar-refractivity contribution >= 4 is 15.8 Å². The van der Waals surface area contributed by atoms with Crippen molar-refractivity contribution in [2.24, 2.45) is 13.0 Å². The minimum absolute atomic E-state index is 0.0502. The fourth-order valence-corrected chi connectivity index (χ4v) is 3.56. The van der Waals surface area contributed by atoms with Crippen molar-refractivity contribution < 1.29 is 13.2 Å². The van der Waals surface area contributed by atoms with Crippen molar-refractivity contribution in [1.82, 2.24) is 13.9 Å². The number of carbonyl (C=O) groups excluding carboxylic acids is 1. The van der Waals surface area contributed by atoms with Crippen LogP contribution in [0.2, 0.25) is 0 Å². The lowest BCUT2D eigenvalue weighted by Crippen LogP contribution is -2.43. The second kappa shape index (κ2) is 4.81. The topological polar surface area (TPSA) is 72.3 Å². The van der Waals surface area contributed by atoms with Crippen LogP contribution in [0.3, 0.4) is 0 Å². The van der Waals surface area contributed by atoms with Crippen molar-refractivity contribution in [3.05, 3.63) is 12.5 Å². The smallest absolute Gasteiger partial charge is 0.262 e. The first-order valence-electron chi connectivity index (χ1n) is 5.96. The van der Waals surface area contributed by atoms with Crippen molar-refractivity contribution in [1.29, 1.82) is 0 Å². The molecule has 1 aliphatic heterocycles. The number of ketones is 1. The Morgan fingerprint density at radius 1 is 1.50 bits per heavy atom. The van der Waals surface area contributed by atoms with E-state index in [1.165, 1.54) is 16.8 Å². The largest absolute Gasteiger partial charge is 0.339 e. The zero-order valence-electron chi connectivity index (χ0n) is 10.5. The van der Waals surface area contributed by atoms with Gasteiger partial charge >= 0.3 is 0 Å². The van der Waals surface area contributed by atoms with E-state index in [0.29, 0.717) is 12.8 Å². The normalized spacial score (nSPS) is 22.3. The molecule has 1 unspecified atom stereocenters. The summed E-state index contributed by atoms with van der Waals surface area (Å²) in [7, 11) is -1.84. The SMILES string of the molecule is CCC1CN(S(=O)(=O)c2cn(C)cn2)CCC1=O. The van der Waals surface area contributed by atoms with E-state index in [0.717, 1.165) is 0 Å². The van der Waals surface area contributed by atoms with Gasteiger partial charge in [-0.25, -0.2) is 13.4 Å². The van der Waals surface area contributed by atoms with Gasteiger partial charge in [0.25, 0.3) is 10.0 Å². The van der Waals surface area contributed by atoms with E-state index < -0.39 is 10.0 Å². The summed E-state index contributed by atoms with van der Waals surface area (Å²) in [6.07, 6.45) is 3.91. The molecule has 1 aromatic heterocycles. The Labute approximate surface area is 107 Å². The Kier molecular flexibility index (Phi) is 3.54. The molecule has 1 saturated heterocycles. The van der Waals surface area contributed by atoms with E-state index >= 15 is 0 Å². The van der Waals surface area contributed by atoms with Gasteiger partial charge in [-0.1, -0.05) is 6.92 Å². The summed E-state index contributed by atoms with van der Waals surface area (Å²) in [5.74, 6) is -0.0257. The summed E-state index contributed by atoms with van der Waals surface area (Å²) in [6.45, 7) is 2.43. The van der Waals surface area contributed by atoms with Gasteiger partial charge in [0.05, 0.1) is 6.33 Å². The second-order valence-electron chi connectivity index (χ2n) is 4.56. The molecule has 0 bridgehead atoms. The van der Waals surface area contributed by atoms with Gasteiger partial charge in [-0.15, -0.1) is 0 Å². The minimum atomic E-state index is -3.56. The van der Waals surface area contributed by atoms with E-state index in [1.807, 2.05) is 6.92 Å². The summed E-state index contributed by atoms with van der Waals surface area (Å²) in [4.78, 5) is 15.5. The molecule has 2 rings (SSSR count). The molecule has 1 aliphatic rings. The van der Waals surface area contributed by atoms with Crippen LogP contribution in [0.4, 0.5) is 0 Å². The molecule has 0 aromatic carbocycles. The third-order valence-corrected chi connectivity index (χ3v) is 5.02. The molecule has 100 valence electrons. The molecule has 2 heterocycles. The molecule has 18 heavy (non-hydrogen) atoms. The van der Waals surface area contributed by atoms with Crippen LogP contribution in [0.5, 0.6) is 0 Å². The Hall–Kier alpha value is -1.21. The molecule has 1 aromatic rings. The third kappa shape index (κ3) is 2.32. The van der Waals surface area contributed by atoms with Crippen LogP contribution in [0.15, 0.2) is 17.6 Å². The van der Waals surface area contributed by atoms with E-state index in [9.17, 15) is 13.2 Å². The Morgan fingerprint density at radius 2 is 2.22 bits per heavy atom. The number of Topliss-reactive ketones (excluding diaryl/α,β-unsaturated/α-hetero) is 1. The molecule has 0 spiro atoms. The van der Waals surface area contributed by atoms with Crippen LogP contribution in [-0.4, -0.2) is 41.1 Å².